The SMILES string of the molecule is CC[C@H](C)CC(=O)O[C@H]1[C@@H](O[C@]2(OC(=O)CC(C)C)O[C@H](COC(=O)CC(C)C)[C@@H](O)[C@@H]2OC(=O)CC(C)C)O[C@H](COC(=O)CCC(C)C)[C@@H](O)[C@@H]1O. The lowest BCUT2D eigenvalue weighted by Gasteiger charge is -2.44. The van der Waals surface area contributed by atoms with Crippen molar-refractivity contribution in [2.24, 2.45) is 29.6 Å². The summed E-state index contributed by atoms with van der Waals surface area (Å²) in [5.74, 6) is -6.99. The average Bonchev–Trinajstić information content (AvgIpc) is 3.29. The fourth-order valence-corrected chi connectivity index (χ4v) is 5.56. The Morgan fingerprint density at radius 1 is 0.630 bits per heavy atom. The van der Waals surface area contributed by atoms with Crippen LogP contribution in [0.15, 0.2) is 0 Å². The van der Waals surface area contributed by atoms with Gasteiger partial charge in [-0.1, -0.05) is 75.7 Å². The monoisotopic (exact) mass is 776 g/mol. The molecule has 0 aliphatic carbocycles. The van der Waals surface area contributed by atoms with Gasteiger partial charge in [0.1, 0.15) is 43.7 Å². The molecule has 2 aliphatic heterocycles. The first-order valence-corrected chi connectivity index (χ1v) is 19.1. The second-order valence-electron chi connectivity index (χ2n) is 16.0. The molecule has 312 valence electrons. The number of aliphatic hydroxyl groups is 3. The molecule has 2 saturated heterocycles. The van der Waals surface area contributed by atoms with Crippen molar-refractivity contribution in [2.45, 2.75) is 169 Å². The molecule has 54 heavy (non-hydrogen) atoms. The van der Waals surface area contributed by atoms with Crippen molar-refractivity contribution in [3.05, 3.63) is 0 Å². The quantitative estimate of drug-likeness (QED) is 0.0865. The average molecular weight is 777 g/mol. The van der Waals surface area contributed by atoms with Crippen LogP contribution in [0.2, 0.25) is 0 Å². The van der Waals surface area contributed by atoms with Crippen molar-refractivity contribution in [3.8, 4) is 0 Å². The number of ether oxygens (including phenoxy) is 8. The van der Waals surface area contributed by atoms with Gasteiger partial charge in [0.25, 0.3) is 0 Å². The third-order valence-electron chi connectivity index (χ3n) is 8.74. The van der Waals surface area contributed by atoms with E-state index in [0.29, 0.717) is 12.8 Å². The Kier molecular flexibility index (Phi) is 19.3. The first kappa shape index (κ1) is 47.3. The molecule has 16 heteroatoms. The minimum atomic E-state index is -2.83. The zero-order valence-electron chi connectivity index (χ0n) is 33.5. The molecule has 2 rings (SSSR count). The molecule has 2 fully saturated rings. The van der Waals surface area contributed by atoms with Gasteiger partial charge in [-0.3, -0.25) is 28.7 Å². The first-order chi connectivity index (χ1) is 25.2. The first-order valence-electron chi connectivity index (χ1n) is 19.1. The van der Waals surface area contributed by atoms with E-state index in [1.54, 1.807) is 41.5 Å². The van der Waals surface area contributed by atoms with Crippen molar-refractivity contribution in [3.63, 3.8) is 0 Å². The summed E-state index contributed by atoms with van der Waals surface area (Å²) in [6, 6.07) is 0. The maximum absolute atomic E-state index is 13.4. The minimum Gasteiger partial charge on any atom is -0.463 e. The molecular formula is C38H64O16. The van der Waals surface area contributed by atoms with E-state index in [9.17, 15) is 39.3 Å². The summed E-state index contributed by atoms with van der Waals surface area (Å²) >= 11 is 0. The van der Waals surface area contributed by atoms with Crippen LogP contribution in [-0.4, -0.2) is 113 Å². The molecule has 0 aromatic carbocycles. The number of carbonyl (C=O) groups excluding carboxylic acids is 5. The molecule has 0 bridgehead atoms. The smallest absolute Gasteiger partial charge is 0.374 e. The zero-order valence-corrected chi connectivity index (χ0v) is 33.5. The molecular weight excluding hydrogens is 712 g/mol. The lowest BCUT2D eigenvalue weighted by molar-refractivity contribution is -0.441. The second-order valence-corrected chi connectivity index (χ2v) is 16.0. The number of carbonyl (C=O) groups is 5. The summed E-state index contributed by atoms with van der Waals surface area (Å²) in [7, 11) is 0. The molecule has 0 unspecified atom stereocenters. The van der Waals surface area contributed by atoms with Gasteiger partial charge in [-0.25, -0.2) is 0 Å². The van der Waals surface area contributed by atoms with Gasteiger partial charge in [-0.2, -0.15) is 0 Å². The number of esters is 5. The molecule has 2 heterocycles. The maximum Gasteiger partial charge on any atom is 0.374 e. The summed E-state index contributed by atoms with van der Waals surface area (Å²) in [6.07, 6.45) is -13.3. The number of hydrogen-bond donors (Lipinski definition) is 3. The second kappa shape index (κ2) is 22.0. The Bertz CT molecular complexity index is 1220. The lowest BCUT2D eigenvalue weighted by Crippen LogP contribution is -2.64. The Morgan fingerprint density at radius 3 is 1.74 bits per heavy atom. The molecule has 16 nitrogen and oxygen atoms in total. The largest absolute Gasteiger partial charge is 0.463 e. The highest BCUT2D eigenvalue weighted by Gasteiger charge is 2.65. The van der Waals surface area contributed by atoms with Crippen LogP contribution in [0.5, 0.6) is 0 Å². The Morgan fingerprint density at radius 2 is 1.17 bits per heavy atom. The van der Waals surface area contributed by atoms with E-state index in [-0.39, 0.29) is 61.7 Å². The minimum absolute atomic E-state index is 0.0455. The van der Waals surface area contributed by atoms with Gasteiger partial charge in [-0.05, 0) is 36.0 Å². The lowest BCUT2D eigenvalue weighted by atomic mass is 9.98. The fourth-order valence-electron chi connectivity index (χ4n) is 5.56. The third-order valence-corrected chi connectivity index (χ3v) is 8.74. The van der Waals surface area contributed by atoms with Gasteiger partial charge in [0.2, 0.25) is 12.4 Å². The molecule has 0 spiro atoms. The zero-order chi connectivity index (χ0) is 40.9. The summed E-state index contributed by atoms with van der Waals surface area (Å²) < 4.78 is 46.0. The standard InChI is InChI=1S/C38H64O16/c1-11-24(10)17-30(42)50-35-34(46)32(44)25(18-47-27(39)13-12-20(2)3)49-37(35)54-38(53-31(43)16-23(8)9)36(51-29(41)15-22(6)7)33(45)26(52-38)19-48-28(40)14-21(4)5/h20-26,32-37,44-46H,11-19H2,1-10H3/t24-,25+,26+,32+,33+,34-,35+,36-,37+,38-/m0/s1. The van der Waals surface area contributed by atoms with Gasteiger partial charge in [0.15, 0.2) is 6.10 Å². The van der Waals surface area contributed by atoms with E-state index < -0.39 is 98.1 Å². The highest BCUT2D eigenvalue weighted by atomic mass is 16.9. The number of rotatable bonds is 21. The van der Waals surface area contributed by atoms with Crippen LogP contribution < -0.4 is 0 Å². The summed E-state index contributed by atoms with van der Waals surface area (Å²) in [5, 5.41) is 34.1. The van der Waals surface area contributed by atoms with Crippen LogP contribution in [0.1, 0.15) is 114 Å². The molecule has 2 aliphatic rings. The normalized spacial score (nSPS) is 29.0. The maximum atomic E-state index is 13.4. The van der Waals surface area contributed by atoms with Crippen LogP contribution >= 0.6 is 0 Å². The van der Waals surface area contributed by atoms with E-state index in [1.165, 1.54) is 0 Å². The molecule has 0 aromatic rings. The molecule has 0 radical (unpaired) electrons. The van der Waals surface area contributed by atoms with Gasteiger partial charge < -0.3 is 48.5 Å². The summed E-state index contributed by atoms with van der Waals surface area (Å²) in [4.78, 5) is 64.6. The van der Waals surface area contributed by atoms with Crippen molar-refractivity contribution in [1.29, 1.82) is 0 Å². The van der Waals surface area contributed by atoms with Crippen molar-refractivity contribution >= 4 is 29.8 Å². The predicted molar refractivity (Wildman–Crippen MR) is 190 cm³/mol. The molecule has 0 amide bonds. The van der Waals surface area contributed by atoms with Gasteiger partial charge in [0, 0.05) is 32.1 Å². The van der Waals surface area contributed by atoms with Gasteiger partial charge in [-0.15, -0.1) is 0 Å². The van der Waals surface area contributed by atoms with Gasteiger partial charge in [0.05, 0.1) is 0 Å². The van der Waals surface area contributed by atoms with Crippen molar-refractivity contribution in [2.75, 3.05) is 13.2 Å². The predicted octanol–water partition coefficient (Wildman–Crippen LogP) is 3.33. The van der Waals surface area contributed by atoms with E-state index in [2.05, 4.69) is 0 Å². The Balaban J connectivity index is 2.64. The van der Waals surface area contributed by atoms with E-state index in [1.807, 2.05) is 27.7 Å². The van der Waals surface area contributed by atoms with Crippen molar-refractivity contribution in [1.82, 2.24) is 0 Å². The highest BCUT2D eigenvalue weighted by Crippen LogP contribution is 2.41. The molecule has 3 N–H and O–H groups in total. The fraction of sp³-hybridized carbons (Fsp3) is 0.868. The molecule has 0 saturated carbocycles. The summed E-state index contributed by atoms with van der Waals surface area (Å²) in [6.45, 7) is 17.0. The van der Waals surface area contributed by atoms with E-state index in [0.717, 1.165) is 0 Å². The van der Waals surface area contributed by atoms with Crippen LogP contribution in [0.25, 0.3) is 0 Å². The Hall–Kier alpha value is -2.89. The number of hydrogen-bond acceptors (Lipinski definition) is 16. The molecule has 10 atom stereocenters. The van der Waals surface area contributed by atoms with Gasteiger partial charge >= 0.3 is 35.8 Å². The van der Waals surface area contributed by atoms with E-state index in [4.69, 9.17) is 37.9 Å². The van der Waals surface area contributed by atoms with Crippen molar-refractivity contribution < 1.29 is 77.2 Å². The Labute approximate surface area is 318 Å². The van der Waals surface area contributed by atoms with Crippen LogP contribution in [0.4, 0.5) is 0 Å². The highest BCUT2D eigenvalue weighted by molar-refractivity contribution is 5.72. The summed E-state index contributed by atoms with van der Waals surface area (Å²) in [5.41, 5.74) is 0. The number of aliphatic hydroxyl groups excluding tert-OH is 3. The topological polar surface area (TPSA) is 220 Å². The van der Waals surface area contributed by atoms with Crippen LogP contribution in [-0.2, 0) is 61.9 Å². The van der Waals surface area contributed by atoms with E-state index >= 15 is 0 Å². The molecule has 0 aromatic heterocycles. The van der Waals surface area contributed by atoms with Crippen LogP contribution in [0.3, 0.4) is 0 Å². The third kappa shape index (κ3) is 15.0. The van der Waals surface area contributed by atoms with Crippen LogP contribution in [0, 0.1) is 29.6 Å².